The van der Waals surface area contributed by atoms with Crippen molar-refractivity contribution in [2.45, 2.75) is 52.4 Å². The molecule has 0 aliphatic heterocycles. The maximum Gasteiger partial charge on any atom is 0.0640 e. The average Bonchev–Trinajstić information content (AvgIpc) is 3.65. The second-order valence-corrected chi connectivity index (χ2v) is 19.2. The van der Waals surface area contributed by atoms with Crippen LogP contribution in [0.2, 0.25) is 0 Å². The third kappa shape index (κ3) is 6.57. The Labute approximate surface area is 358 Å². The lowest BCUT2D eigenvalue weighted by Gasteiger charge is -2.31. The number of anilines is 3. The van der Waals surface area contributed by atoms with E-state index in [0.29, 0.717) is 0 Å². The molecule has 0 saturated carbocycles. The molecule has 292 valence electrons. The van der Waals surface area contributed by atoms with Crippen LogP contribution in [0.1, 0.15) is 52.7 Å². The van der Waals surface area contributed by atoms with Crippen molar-refractivity contribution in [3.63, 3.8) is 0 Å². The number of benzene rings is 9. The Kier molecular flexibility index (Phi) is 9.23. The highest BCUT2D eigenvalue weighted by Gasteiger charge is 2.26. The first-order chi connectivity index (χ1) is 29.0. The van der Waals surface area contributed by atoms with Gasteiger partial charge in [0.25, 0.3) is 0 Å². The standard InChI is InChI=1S/C58H49NS/c1-57(2,3)41-35-40(36-42(37-41)58(4,5)6)44-27-16-21-39-22-17-29-49(55(39)44)47-25-10-13-32-52(47)59(53-33-18-30-50-48-26-11-14-34-54(48)60-56(50)53)51-31-12-9-24-46(51)45-28-15-20-38-19-7-8-23-43(38)45/h7-37H,1-6H3. The Bertz CT molecular complexity index is 3200. The number of hydrogen-bond donors (Lipinski definition) is 0. The van der Waals surface area contributed by atoms with Gasteiger partial charge in [-0.15, -0.1) is 11.3 Å². The van der Waals surface area contributed by atoms with Crippen LogP contribution in [-0.4, -0.2) is 0 Å². The number of nitrogens with zero attached hydrogens (tertiary/aromatic N) is 1. The van der Waals surface area contributed by atoms with Crippen LogP contribution >= 0.6 is 11.3 Å². The van der Waals surface area contributed by atoms with Gasteiger partial charge >= 0.3 is 0 Å². The molecule has 0 radical (unpaired) electrons. The van der Waals surface area contributed by atoms with Crippen LogP contribution in [0.4, 0.5) is 17.1 Å². The van der Waals surface area contributed by atoms with Crippen LogP contribution in [0.25, 0.3) is 75.1 Å². The zero-order valence-corrected chi connectivity index (χ0v) is 36.1. The van der Waals surface area contributed by atoms with Gasteiger partial charge in [-0.3, -0.25) is 0 Å². The highest BCUT2D eigenvalue weighted by atomic mass is 32.1. The molecule has 2 heteroatoms. The zero-order valence-electron chi connectivity index (χ0n) is 35.3. The molecule has 1 aromatic heterocycles. The van der Waals surface area contributed by atoms with E-state index in [4.69, 9.17) is 0 Å². The summed E-state index contributed by atoms with van der Waals surface area (Å²) < 4.78 is 2.56. The molecule has 0 saturated heterocycles. The summed E-state index contributed by atoms with van der Waals surface area (Å²) in [7, 11) is 0. The SMILES string of the molecule is CC(C)(C)c1cc(-c2cccc3cccc(-c4ccccc4N(c4ccccc4-c4cccc5ccccc45)c4cccc5c4sc4ccccc45)c23)cc(C(C)(C)C)c1. The second kappa shape index (κ2) is 14.7. The minimum absolute atomic E-state index is 0.00160. The lowest BCUT2D eigenvalue weighted by atomic mass is 9.78. The first-order valence-corrected chi connectivity index (χ1v) is 21.9. The smallest absolute Gasteiger partial charge is 0.0640 e. The lowest BCUT2D eigenvalue weighted by molar-refractivity contribution is 0.569. The largest absolute Gasteiger partial charge is 0.308 e. The summed E-state index contributed by atoms with van der Waals surface area (Å²) in [4.78, 5) is 2.55. The molecule has 10 rings (SSSR count). The first kappa shape index (κ1) is 37.8. The van der Waals surface area contributed by atoms with Crippen molar-refractivity contribution >= 4 is 70.1 Å². The fourth-order valence-electron chi connectivity index (χ4n) is 9.01. The monoisotopic (exact) mass is 791 g/mol. The Morgan fingerprint density at radius 2 is 0.833 bits per heavy atom. The number of para-hydroxylation sites is 2. The van der Waals surface area contributed by atoms with Crippen molar-refractivity contribution in [3.05, 3.63) is 199 Å². The van der Waals surface area contributed by atoms with Gasteiger partial charge < -0.3 is 4.90 Å². The summed E-state index contributed by atoms with van der Waals surface area (Å²) in [6.07, 6.45) is 0. The molecule has 0 fully saturated rings. The first-order valence-electron chi connectivity index (χ1n) is 21.1. The van der Waals surface area contributed by atoms with Crippen LogP contribution in [0.15, 0.2) is 188 Å². The summed E-state index contributed by atoms with van der Waals surface area (Å²) in [6, 6.07) is 70.0. The predicted molar refractivity (Wildman–Crippen MR) is 263 cm³/mol. The van der Waals surface area contributed by atoms with Crippen molar-refractivity contribution < 1.29 is 0 Å². The minimum Gasteiger partial charge on any atom is -0.308 e. The maximum atomic E-state index is 2.55. The van der Waals surface area contributed by atoms with Gasteiger partial charge in [0, 0.05) is 26.6 Å². The molecule has 0 atom stereocenters. The molecule has 0 spiro atoms. The third-order valence-electron chi connectivity index (χ3n) is 12.2. The van der Waals surface area contributed by atoms with E-state index < -0.39 is 0 Å². The summed E-state index contributed by atoms with van der Waals surface area (Å²) in [5, 5.41) is 7.54. The topological polar surface area (TPSA) is 3.24 Å². The Morgan fingerprint density at radius 1 is 0.367 bits per heavy atom. The summed E-state index contributed by atoms with van der Waals surface area (Å²) in [5.74, 6) is 0. The summed E-state index contributed by atoms with van der Waals surface area (Å²) in [5.41, 5.74) is 13.5. The van der Waals surface area contributed by atoms with E-state index in [1.165, 1.54) is 91.9 Å². The molecule has 0 aliphatic rings. The van der Waals surface area contributed by atoms with Gasteiger partial charge in [-0.2, -0.15) is 0 Å². The maximum absolute atomic E-state index is 2.55. The number of rotatable bonds is 6. The zero-order chi connectivity index (χ0) is 41.2. The highest BCUT2D eigenvalue weighted by molar-refractivity contribution is 7.26. The van der Waals surface area contributed by atoms with Gasteiger partial charge in [0.05, 0.1) is 21.8 Å². The molecule has 1 nitrogen and oxygen atoms in total. The van der Waals surface area contributed by atoms with E-state index in [0.717, 1.165) is 11.4 Å². The second-order valence-electron chi connectivity index (χ2n) is 18.2. The third-order valence-corrected chi connectivity index (χ3v) is 13.4. The lowest BCUT2D eigenvalue weighted by Crippen LogP contribution is -2.16. The minimum atomic E-state index is 0.00160. The fraction of sp³-hybridized carbons (Fsp3) is 0.138. The van der Waals surface area contributed by atoms with Crippen LogP contribution in [0, 0.1) is 0 Å². The molecule has 9 aromatic carbocycles. The van der Waals surface area contributed by atoms with E-state index in [1.54, 1.807) is 0 Å². The van der Waals surface area contributed by atoms with Gasteiger partial charge in [0.1, 0.15) is 0 Å². The molecular weight excluding hydrogens is 743 g/mol. The molecule has 60 heavy (non-hydrogen) atoms. The van der Waals surface area contributed by atoms with Gasteiger partial charge in [-0.05, 0) is 90.0 Å². The molecule has 10 aromatic rings. The number of hydrogen-bond acceptors (Lipinski definition) is 2. The molecule has 0 N–H and O–H groups in total. The Hall–Kier alpha value is -6.48. The van der Waals surface area contributed by atoms with E-state index in [9.17, 15) is 0 Å². The summed E-state index contributed by atoms with van der Waals surface area (Å²) in [6.45, 7) is 13.9. The van der Waals surface area contributed by atoms with Crippen LogP contribution in [0.3, 0.4) is 0 Å². The quantitative estimate of drug-likeness (QED) is 0.162. The van der Waals surface area contributed by atoms with E-state index in [-0.39, 0.29) is 10.8 Å². The van der Waals surface area contributed by atoms with Gasteiger partial charge in [-0.25, -0.2) is 0 Å². The predicted octanol–water partition coefficient (Wildman–Crippen LogP) is 17.4. The van der Waals surface area contributed by atoms with Crippen molar-refractivity contribution in [2.24, 2.45) is 0 Å². The van der Waals surface area contributed by atoms with Crippen LogP contribution in [-0.2, 0) is 10.8 Å². The Balaban J connectivity index is 1.28. The number of thiophene rings is 1. The fourth-order valence-corrected chi connectivity index (χ4v) is 10.2. The van der Waals surface area contributed by atoms with Gasteiger partial charge in [-0.1, -0.05) is 205 Å². The van der Waals surface area contributed by atoms with E-state index in [1.807, 2.05) is 11.3 Å². The van der Waals surface area contributed by atoms with E-state index >= 15 is 0 Å². The molecule has 1 heterocycles. The van der Waals surface area contributed by atoms with Crippen LogP contribution in [0.5, 0.6) is 0 Å². The molecule has 0 unspecified atom stereocenters. The van der Waals surface area contributed by atoms with Crippen molar-refractivity contribution in [2.75, 3.05) is 4.90 Å². The van der Waals surface area contributed by atoms with Gasteiger partial charge in [0.15, 0.2) is 0 Å². The van der Waals surface area contributed by atoms with Crippen molar-refractivity contribution in [1.29, 1.82) is 0 Å². The molecule has 0 aliphatic carbocycles. The average molecular weight is 792 g/mol. The highest BCUT2D eigenvalue weighted by Crippen LogP contribution is 2.51. The van der Waals surface area contributed by atoms with Crippen molar-refractivity contribution in [3.8, 4) is 33.4 Å². The molecular formula is C58H49NS. The van der Waals surface area contributed by atoms with Gasteiger partial charge in [0.2, 0.25) is 0 Å². The normalized spacial score (nSPS) is 12.2. The molecule has 0 amide bonds. The number of fused-ring (bicyclic) bond motifs is 5. The Morgan fingerprint density at radius 3 is 1.52 bits per heavy atom. The van der Waals surface area contributed by atoms with Crippen LogP contribution < -0.4 is 4.90 Å². The molecule has 0 bridgehead atoms. The summed E-state index contributed by atoms with van der Waals surface area (Å²) >= 11 is 1.88. The van der Waals surface area contributed by atoms with E-state index in [2.05, 4.69) is 234 Å². The van der Waals surface area contributed by atoms with Crippen molar-refractivity contribution in [1.82, 2.24) is 0 Å².